The maximum atomic E-state index is 14.1. The number of benzene rings is 2. The van der Waals surface area contributed by atoms with Crippen molar-refractivity contribution in [3.63, 3.8) is 0 Å². The third-order valence-corrected chi connectivity index (χ3v) is 3.96. The first-order chi connectivity index (χ1) is 11.9. The molecule has 5 nitrogen and oxygen atoms in total. The van der Waals surface area contributed by atoms with E-state index in [2.05, 4.69) is 10.3 Å². The normalized spacial score (nSPS) is 11.1. The highest BCUT2D eigenvalue weighted by Crippen LogP contribution is 2.30. The fourth-order valence-electron chi connectivity index (χ4n) is 2.77. The maximum Gasteiger partial charge on any atom is 0.400 e. The van der Waals surface area contributed by atoms with E-state index in [9.17, 15) is 14.4 Å². The van der Waals surface area contributed by atoms with Crippen LogP contribution < -0.4 is 10.0 Å². The zero-order chi connectivity index (χ0) is 18.1. The van der Waals surface area contributed by atoms with Crippen molar-refractivity contribution in [2.75, 3.05) is 5.32 Å². The van der Waals surface area contributed by atoms with Crippen molar-refractivity contribution in [3.8, 4) is 11.3 Å². The second-order valence-corrected chi connectivity index (χ2v) is 6.16. The average Bonchev–Trinajstić information content (AvgIpc) is 2.57. The van der Waals surface area contributed by atoms with Crippen molar-refractivity contribution < 1.29 is 13.9 Å². The first-order valence-electron chi connectivity index (χ1n) is 7.98. The highest BCUT2D eigenvalue weighted by molar-refractivity contribution is 5.96. The predicted molar refractivity (Wildman–Crippen MR) is 94.5 cm³/mol. The lowest BCUT2D eigenvalue weighted by molar-refractivity contribution is -0.602. The van der Waals surface area contributed by atoms with Gasteiger partial charge in [0.15, 0.2) is 5.69 Å². The van der Waals surface area contributed by atoms with E-state index in [1.807, 2.05) is 19.9 Å². The van der Waals surface area contributed by atoms with Gasteiger partial charge in [0.2, 0.25) is 0 Å². The third-order valence-electron chi connectivity index (χ3n) is 3.96. The smallest absolute Gasteiger partial charge is 0.400 e. The summed E-state index contributed by atoms with van der Waals surface area (Å²) in [5.74, 6) is -0.853. The van der Waals surface area contributed by atoms with Crippen LogP contribution in [0.3, 0.4) is 0 Å². The van der Waals surface area contributed by atoms with Crippen LogP contribution in [0.15, 0.2) is 42.5 Å². The van der Waals surface area contributed by atoms with E-state index in [1.165, 1.54) is 13.0 Å². The molecule has 6 heteroatoms. The number of nitrogens with zero attached hydrogens (tertiary/aromatic N) is 2. The molecule has 0 fully saturated rings. The van der Waals surface area contributed by atoms with Gasteiger partial charge >= 0.3 is 5.95 Å². The Labute approximate surface area is 144 Å². The van der Waals surface area contributed by atoms with E-state index in [1.54, 1.807) is 30.3 Å². The number of aromatic nitrogens is 2. The van der Waals surface area contributed by atoms with E-state index < -0.39 is 0 Å². The molecule has 0 aliphatic heterocycles. The lowest BCUT2D eigenvalue weighted by Gasteiger charge is -2.17. The predicted octanol–water partition coefficient (Wildman–Crippen LogP) is 3.76. The molecule has 0 atom stereocenters. The minimum Gasteiger partial charge on any atom is -0.740 e. The van der Waals surface area contributed by atoms with Crippen molar-refractivity contribution in [2.45, 2.75) is 26.7 Å². The summed E-state index contributed by atoms with van der Waals surface area (Å²) in [5.41, 5.74) is 1.68. The summed E-state index contributed by atoms with van der Waals surface area (Å²) in [4.78, 5) is 15.7. The molecule has 0 aliphatic carbocycles. The molecular formula is C19H18FN3O2. The SMILES string of the molecule is CC(=O)Nc1nc(-c2ccc(F)c3ccccc23)cc(C(C)C)[n+]1[O-]. The Kier molecular flexibility index (Phi) is 4.35. The van der Waals surface area contributed by atoms with Gasteiger partial charge in [-0.15, -0.1) is 0 Å². The number of anilines is 1. The Hall–Kier alpha value is -3.02. The van der Waals surface area contributed by atoms with Gasteiger partial charge < -0.3 is 5.21 Å². The van der Waals surface area contributed by atoms with E-state index in [0.717, 1.165) is 0 Å². The van der Waals surface area contributed by atoms with Crippen LogP contribution in [-0.4, -0.2) is 10.9 Å². The fourth-order valence-corrected chi connectivity index (χ4v) is 2.77. The zero-order valence-corrected chi connectivity index (χ0v) is 14.2. The lowest BCUT2D eigenvalue weighted by atomic mass is 10.00. The number of amides is 1. The van der Waals surface area contributed by atoms with Crippen LogP contribution in [0.2, 0.25) is 0 Å². The van der Waals surface area contributed by atoms with E-state index >= 15 is 0 Å². The number of carbonyl (C=O) groups is 1. The monoisotopic (exact) mass is 339 g/mol. The summed E-state index contributed by atoms with van der Waals surface area (Å²) in [7, 11) is 0. The number of fused-ring (bicyclic) bond motifs is 1. The van der Waals surface area contributed by atoms with Crippen molar-refractivity contribution in [2.24, 2.45) is 0 Å². The molecule has 1 heterocycles. The van der Waals surface area contributed by atoms with Gasteiger partial charge in [-0.2, -0.15) is 0 Å². The Bertz CT molecular complexity index is 970. The number of hydrogen-bond acceptors (Lipinski definition) is 3. The second-order valence-electron chi connectivity index (χ2n) is 6.16. The van der Waals surface area contributed by atoms with Gasteiger partial charge in [-0.3, -0.25) is 4.79 Å². The summed E-state index contributed by atoms with van der Waals surface area (Å²) in [6.07, 6.45) is 0. The van der Waals surface area contributed by atoms with Crippen molar-refractivity contribution in [1.29, 1.82) is 0 Å². The minimum atomic E-state index is -0.382. The Morgan fingerprint density at radius 1 is 1.20 bits per heavy atom. The zero-order valence-electron chi connectivity index (χ0n) is 14.2. The Morgan fingerprint density at radius 3 is 2.52 bits per heavy atom. The molecule has 0 saturated carbocycles. The second kappa shape index (κ2) is 6.47. The van der Waals surface area contributed by atoms with Gasteiger partial charge in [0.05, 0.1) is 5.69 Å². The fraction of sp³-hybridized carbons (Fsp3) is 0.211. The first kappa shape index (κ1) is 16.8. The summed E-state index contributed by atoms with van der Waals surface area (Å²) in [6.45, 7) is 5.08. The molecular weight excluding hydrogens is 321 g/mol. The summed E-state index contributed by atoms with van der Waals surface area (Å²) in [6, 6.07) is 11.8. The summed E-state index contributed by atoms with van der Waals surface area (Å²) < 4.78 is 14.7. The molecule has 2 aromatic carbocycles. The van der Waals surface area contributed by atoms with Gasteiger partial charge in [0.25, 0.3) is 5.91 Å². The van der Waals surface area contributed by atoms with E-state index in [4.69, 9.17) is 0 Å². The highest BCUT2D eigenvalue weighted by Gasteiger charge is 2.20. The van der Waals surface area contributed by atoms with Crippen LogP contribution in [-0.2, 0) is 4.79 Å². The van der Waals surface area contributed by atoms with Crippen LogP contribution in [0.5, 0.6) is 0 Å². The minimum absolute atomic E-state index is 0.0709. The summed E-state index contributed by atoms with van der Waals surface area (Å²) >= 11 is 0. The van der Waals surface area contributed by atoms with Gasteiger partial charge in [0, 0.05) is 29.9 Å². The molecule has 0 spiro atoms. The number of carbonyl (C=O) groups excluding carboxylic acids is 1. The standard InChI is InChI=1S/C19H18FN3O2/c1-11(2)18-10-17(22-19(23(18)25)21-12(3)24)15-8-9-16(20)14-7-5-4-6-13(14)15/h4-11H,1-3H3,(H,21,22,24). The van der Waals surface area contributed by atoms with Crippen molar-refractivity contribution in [3.05, 3.63) is 59.2 Å². The van der Waals surface area contributed by atoms with Crippen LogP contribution >= 0.6 is 0 Å². The van der Waals surface area contributed by atoms with Gasteiger partial charge in [-0.25, -0.2) is 14.4 Å². The number of halogens is 1. The molecule has 3 rings (SSSR count). The molecule has 0 saturated heterocycles. The topological polar surface area (TPSA) is 68.9 Å². The number of hydrogen-bond donors (Lipinski definition) is 1. The maximum absolute atomic E-state index is 14.1. The molecule has 128 valence electrons. The van der Waals surface area contributed by atoms with E-state index in [0.29, 0.717) is 32.5 Å². The number of nitrogens with one attached hydrogen (secondary N) is 1. The molecule has 1 N–H and O–H groups in total. The Balaban J connectivity index is 2.29. The van der Waals surface area contributed by atoms with Gasteiger partial charge in [0.1, 0.15) is 5.82 Å². The molecule has 1 amide bonds. The molecule has 3 aromatic rings. The van der Waals surface area contributed by atoms with Crippen molar-refractivity contribution >= 4 is 22.6 Å². The van der Waals surface area contributed by atoms with Crippen LogP contribution in [0.4, 0.5) is 10.3 Å². The molecule has 1 aromatic heterocycles. The van der Waals surface area contributed by atoms with Gasteiger partial charge in [-0.1, -0.05) is 43.1 Å². The third kappa shape index (κ3) is 3.15. The molecule has 0 radical (unpaired) electrons. The van der Waals surface area contributed by atoms with Crippen molar-refractivity contribution in [1.82, 2.24) is 4.98 Å². The molecule has 0 aliphatic rings. The Morgan fingerprint density at radius 2 is 1.88 bits per heavy atom. The van der Waals surface area contributed by atoms with E-state index in [-0.39, 0.29) is 23.6 Å². The number of rotatable bonds is 3. The summed E-state index contributed by atoms with van der Waals surface area (Å²) in [5, 5.41) is 16.1. The van der Waals surface area contributed by atoms with Crippen LogP contribution in [0, 0.1) is 11.0 Å². The van der Waals surface area contributed by atoms with Gasteiger partial charge in [-0.05, 0) is 17.5 Å². The van der Waals surface area contributed by atoms with Crippen LogP contribution in [0.25, 0.3) is 22.0 Å². The van der Waals surface area contributed by atoms with Crippen LogP contribution in [0.1, 0.15) is 32.4 Å². The average molecular weight is 339 g/mol. The molecule has 0 bridgehead atoms. The quantitative estimate of drug-likeness (QED) is 0.583. The molecule has 0 unspecified atom stereocenters. The first-order valence-corrected chi connectivity index (χ1v) is 7.98. The molecule has 25 heavy (non-hydrogen) atoms. The largest absolute Gasteiger partial charge is 0.740 e. The highest BCUT2D eigenvalue weighted by atomic mass is 19.1. The lowest BCUT2D eigenvalue weighted by Crippen LogP contribution is -2.38.